The fourth-order valence-electron chi connectivity index (χ4n) is 0. The Kier molecular flexibility index (Phi) is 14.2. The molecule has 0 spiro atoms. The van der Waals surface area contributed by atoms with Crippen molar-refractivity contribution in [3.8, 4) is 0 Å². The summed E-state index contributed by atoms with van der Waals surface area (Å²) in [6.45, 7) is 11.0. The van der Waals surface area contributed by atoms with Crippen molar-refractivity contribution >= 4 is 0 Å². The van der Waals surface area contributed by atoms with Gasteiger partial charge in [0, 0.05) is 0 Å². The third kappa shape index (κ3) is 32.0. The van der Waals surface area contributed by atoms with Gasteiger partial charge in [-0.15, -0.1) is 0 Å². The van der Waals surface area contributed by atoms with Crippen LogP contribution in [0.1, 0.15) is 53.9 Å². The minimum Gasteiger partial charge on any atom is -0.0654 e. The van der Waals surface area contributed by atoms with Crippen LogP contribution in [-0.4, -0.2) is 0 Å². The third-order valence-corrected chi connectivity index (χ3v) is 1.32. The molecule has 0 aliphatic carbocycles. The van der Waals surface area contributed by atoms with Gasteiger partial charge in [-0.25, -0.2) is 0 Å². The van der Waals surface area contributed by atoms with Crippen molar-refractivity contribution in [1.82, 2.24) is 0 Å². The van der Waals surface area contributed by atoms with Crippen molar-refractivity contribution in [3.63, 3.8) is 0 Å². The van der Waals surface area contributed by atoms with Gasteiger partial charge in [-0.3, -0.25) is 0 Å². The average molecular weight is 130 g/mol. The monoisotopic (exact) mass is 130 g/mol. The second-order valence-electron chi connectivity index (χ2n) is 2.80. The zero-order valence-electron chi connectivity index (χ0n) is 7.70. The summed E-state index contributed by atoms with van der Waals surface area (Å²) in [5.74, 6) is 0.884. The Bertz CT molecular complexity index is 27.0. The topological polar surface area (TPSA) is 0 Å². The van der Waals surface area contributed by atoms with E-state index in [4.69, 9.17) is 0 Å². The van der Waals surface area contributed by atoms with E-state index in [9.17, 15) is 0 Å². The average Bonchev–Trinajstić information content (AvgIpc) is 1.89. The molecular weight excluding hydrogens is 108 g/mol. The van der Waals surface area contributed by atoms with Crippen LogP contribution in [-0.2, 0) is 0 Å². The van der Waals surface area contributed by atoms with Crippen molar-refractivity contribution in [2.75, 3.05) is 0 Å². The van der Waals surface area contributed by atoms with Crippen LogP contribution < -0.4 is 0 Å². The minimum absolute atomic E-state index is 0.884. The molecule has 58 valence electrons. The third-order valence-electron chi connectivity index (χ3n) is 1.32. The van der Waals surface area contributed by atoms with Gasteiger partial charge in [0.25, 0.3) is 0 Å². The van der Waals surface area contributed by atoms with Gasteiger partial charge >= 0.3 is 0 Å². The summed E-state index contributed by atoms with van der Waals surface area (Å²) in [5.41, 5.74) is 0. The van der Waals surface area contributed by atoms with E-state index in [1.807, 2.05) is 0 Å². The summed E-state index contributed by atoms with van der Waals surface area (Å²) >= 11 is 0. The SMILES string of the molecule is CCC(C)C.CCCC. The van der Waals surface area contributed by atoms with Crippen molar-refractivity contribution in [2.24, 2.45) is 5.92 Å². The smallest absolute Gasteiger partial charge is 0.0474 e. The van der Waals surface area contributed by atoms with Crippen LogP contribution in [0.25, 0.3) is 0 Å². The van der Waals surface area contributed by atoms with Gasteiger partial charge in [-0.1, -0.05) is 53.9 Å². The molecule has 0 atom stereocenters. The molecule has 0 aliphatic rings. The first-order chi connectivity index (χ1) is 4.18. The molecule has 0 N–H and O–H groups in total. The maximum Gasteiger partial charge on any atom is -0.0474 e. The first kappa shape index (κ1) is 11.8. The van der Waals surface area contributed by atoms with Crippen LogP contribution in [0.2, 0.25) is 0 Å². The van der Waals surface area contributed by atoms with Gasteiger partial charge in [-0.05, 0) is 5.92 Å². The van der Waals surface area contributed by atoms with Gasteiger partial charge in [-0.2, -0.15) is 0 Å². The molecule has 0 saturated heterocycles. The van der Waals surface area contributed by atoms with Crippen LogP contribution in [0.5, 0.6) is 0 Å². The lowest BCUT2D eigenvalue weighted by molar-refractivity contribution is 0.626. The Hall–Kier alpha value is 0. The van der Waals surface area contributed by atoms with Gasteiger partial charge in [0.15, 0.2) is 0 Å². The second kappa shape index (κ2) is 10.9. The molecule has 0 rings (SSSR count). The Morgan fingerprint density at radius 1 is 0.889 bits per heavy atom. The maximum absolute atomic E-state index is 2.22. The summed E-state index contributed by atoms with van der Waals surface area (Å²) in [7, 11) is 0. The molecule has 0 amide bonds. The highest BCUT2D eigenvalue weighted by Crippen LogP contribution is 1.93. The Morgan fingerprint density at radius 2 is 1.11 bits per heavy atom. The van der Waals surface area contributed by atoms with Crippen molar-refractivity contribution < 1.29 is 0 Å². The Balaban J connectivity index is 0. The van der Waals surface area contributed by atoms with Crippen LogP contribution in [0, 0.1) is 5.92 Å². The zero-order valence-corrected chi connectivity index (χ0v) is 7.70. The molecule has 0 nitrogen and oxygen atoms in total. The maximum atomic E-state index is 2.22. The summed E-state index contributed by atoms with van der Waals surface area (Å²) in [4.78, 5) is 0. The fraction of sp³-hybridized carbons (Fsp3) is 1.00. The van der Waals surface area contributed by atoms with Crippen LogP contribution in [0.15, 0.2) is 0 Å². The molecule has 0 unspecified atom stereocenters. The van der Waals surface area contributed by atoms with Gasteiger partial charge < -0.3 is 0 Å². The van der Waals surface area contributed by atoms with Crippen LogP contribution in [0.3, 0.4) is 0 Å². The lowest BCUT2D eigenvalue weighted by Gasteiger charge is -1.90. The molecule has 0 aromatic heterocycles. The lowest BCUT2D eigenvalue weighted by Crippen LogP contribution is -1.77. The fourth-order valence-corrected chi connectivity index (χ4v) is 0. The van der Waals surface area contributed by atoms with E-state index in [-0.39, 0.29) is 0 Å². The molecule has 0 aliphatic heterocycles. The van der Waals surface area contributed by atoms with Crippen molar-refractivity contribution in [3.05, 3.63) is 0 Å². The van der Waals surface area contributed by atoms with Crippen LogP contribution >= 0.6 is 0 Å². The molecule has 9 heavy (non-hydrogen) atoms. The largest absolute Gasteiger partial charge is 0.0654 e. The van der Waals surface area contributed by atoms with E-state index in [1.165, 1.54) is 19.3 Å². The van der Waals surface area contributed by atoms with Crippen LogP contribution in [0.4, 0.5) is 0 Å². The number of hydrogen-bond donors (Lipinski definition) is 0. The molecule has 0 fully saturated rings. The summed E-state index contributed by atoms with van der Waals surface area (Å²) in [5, 5.41) is 0. The molecule has 0 heterocycles. The van der Waals surface area contributed by atoms with E-state index < -0.39 is 0 Å². The van der Waals surface area contributed by atoms with Crippen molar-refractivity contribution in [1.29, 1.82) is 0 Å². The van der Waals surface area contributed by atoms with E-state index in [2.05, 4.69) is 34.6 Å². The highest BCUT2D eigenvalue weighted by molar-refractivity contribution is 4.32. The standard InChI is InChI=1S/C5H12.C4H10/c1-4-5(2)3;1-3-4-2/h5H,4H2,1-3H3;3-4H2,1-2H3. The summed E-state index contributed by atoms with van der Waals surface area (Å²) < 4.78 is 0. The van der Waals surface area contributed by atoms with Gasteiger partial charge in [0.1, 0.15) is 0 Å². The second-order valence-corrected chi connectivity index (χ2v) is 2.80. The number of rotatable bonds is 2. The Labute approximate surface area is 60.7 Å². The molecule has 0 heteroatoms. The number of hydrogen-bond acceptors (Lipinski definition) is 0. The van der Waals surface area contributed by atoms with E-state index in [0.717, 1.165) is 5.92 Å². The molecule has 0 aromatic rings. The zero-order chi connectivity index (χ0) is 7.70. The van der Waals surface area contributed by atoms with Gasteiger partial charge in [0.05, 0.1) is 0 Å². The van der Waals surface area contributed by atoms with E-state index >= 15 is 0 Å². The molecular formula is C9H22. The van der Waals surface area contributed by atoms with Gasteiger partial charge in [0.2, 0.25) is 0 Å². The van der Waals surface area contributed by atoms with E-state index in [1.54, 1.807) is 0 Å². The summed E-state index contributed by atoms with van der Waals surface area (Å²) in [6.07, 6.45) is 3.94. The minimum atomic E-state index is 0.884. The Morgan fingerprint density at radius 3 is 1.11 bits per heavy atom. The first-order valence-corrected chi connectivity index (χ1v) is 4.18. The highest BCUT2D eigenvalue weighted by Gasteiger charge is 1.80. The predicted molar refractivity (Wildman–Crippen MR) is 45.7 cm³/mol. The highest BCUT2D eigenvalue weighted by atomic mass is 13.9. The van der Waals surface area contributed by atoms with E-state index in [0.29, 0.717) is 0 Å². The normalized spacial score (nSPS) is 8.67. The molecule has 0 aromatic carbocycles. The molecule has 0 radical (unpaired) electrons. The lowest BCUT2D eigenvalue weighted by atomic mass is 10.2. The van der Waals surface area contributed by atoms with Crippen molar-refractivity contribution in [2.45, 2.75) is 53.9 Å². The molecule has 0 saturated carbocycles. The predicted octanol–water partition coefficient (Wildman–Crippen LogP) is 3.86. The molecule has 0 bridgehead atoms. The first-order valence-electron chi connectivity index (χ1n) is 4.18. The number of unbranched alkanes of at least 4 members (excludes halogenated alkanes) is 1. The quantitative estimate of drug-likeness (QED) is 0.532. The summed E-state index contributed by atoms with van der Waals surface area (Å²) in [6, 6.07) is 0.